The number of ether oxygens (including phenoxy) is 1. The first-order valence-electron chi connectivity index (χ1n) is 8.98. The molecule has 3 aromatic rings. The number of hydrogen-bond acceptors (Lipinski definition) is 8. The second-order valence-electron chi connectivity index (χ2n) is 6.31. The Labute approximate surface area is 172 Å². The van der Waals surface area contributed by atoms with Gasteiger partial charge in [0.2, 0.25) is 5.95 Å². The minimum Gasteiger partial charge on any atom is -0.370 e. The van der Waals surface area contributed by atoms with Gasteiger partial charge in [-0.15, -0.1) is 0 Å². The number of Topliss-reactive ketones (excluding diaryl/α,β-unsaturated/α-hetero) is 1. The van der Waals surface area contributed by atoms with Gasteiger partial charge >= 0.3 is 0 Å². The zero-order valence-corrected chi connectivity index (χ0v) is 17.1. The smallest absolute Gasteiger partial charge is 0.280 e. The van der Waals surface area contributed by atoms with E-state index in [1.54, 1.807) is 16.7 Å². The summed E-state index contributed by atoms with van der Waals surface area (Å²) in [4.78, 5) is 33.5. The monoisotopic (exact) mass is 437 g/mol. The zero-order chi connectivity index (χ0) is 21.5. The Balaban J connectivity index is 1.53. The molecule has 12 heteroatoms. The molecular weight excluding hydrogens is 416 g/mol. The molecule has 2 heterocycles. The van der Waals surface area contributed by atoms with Crippen molar-refractivity contribution in [3.8, 4) is 0 Å². The van der Waals surface area contributed by atoms with Gasteiger partial charge in [0.15, 0.2) is 25.3 Å². The van der Waals surface area contributed by atoms with Crippen molar-refractivity contribution in [2.75, 3.05) is 25.3 Å². The Bertz CT molecular complexity index is 1070. The standard InChI is InChI=1S/C18H21FN5O5P/c1-12(25)8-28-30(29-9-13-3-2-4-14(19)7-13)11-27-6-5-24-10-21-15-16(24)22-18(20)23-17(15)26/h2-4,7,10H,5-6,8-9,11H2,1H3,(H3,20,22,23,26). The number of hydrogen-bond donors (Lipinski definition) is 2. The van der Waals surface area contributed by atoms with Crippen molar-refractivity contribution in [1.82, 2.24) is 19.5 Å². The maximum atomic E-state index is 13.3. The molecule has 160 valence electrons. The van der Waals surface area contributed by atoms with Gasteiger partial charge in [0.1, 0.15) is 18.8 Å². The van der Waals surface area contributed by atoms with Crippen LogP contribution in [0, 0.1) is 5.82 Å². The lowest BCUT2D eigenvalue weighted by atomic mass is 10.2. The number of nitrogens with two attached hydrogens (primary N) is 1. The maximum Gasteiger partial charge on any atom is 0.280 e. The van der Waals surface area contributed by atoms with Crippen molar-refractivity contribution in [3.05, 3.63) is 52.3 Å². The van der Waals surface area contributed by atoms with Crippen LogP contribution >= 0.6 is 8.38 Å². The third kappa shape index (κ3) is 6.14. The number of aromatic amines is 1. The quantitative estimate of drug-likeness (QED) is 0.343. The van der Waals surface area contributed by atoms with Crippen LogP contribution in [0.3, 0.4) is 0 Å². The second kappa shape index (κ2) is 10.4. The number of imidazole rings is 1. The lowest BCUT2D eigenvalue weighted by Crippen LogP contribution is -2.13. The summed E-state index contributed by atoms with van der Waals surface area (Å²) in [6, 6.07) is 6.03. The molecule has 0 saturated carbocycles. The number of benzene rings is 1. The minimum atomic E-state index is -1.52. The number of carbonyl (C=O) groups is 1. The molecule has 3 N–H and O–H groups in total. The summed E-state index contributed by atoms with van der Waals surface area (Å²) in [5, 5.41) is 0. The number of fused-ring (bicyclic) bond motifs is 1. The van der Waals surface area contributed by atoms with E-state index in [1.165, 1.54) is 25.4 Å². The number of ketones is 1. The Morgan fingerprint density at radius 2 is 2.20 bits per heavy atom. The Hall–Kier alpha value is -2.72. The fraction of sp³-hybridized carbons (Fsp3) is 0.333. The van der Waals surface area contributed by atoms with E-state index in [0.29, 0.717) is 17.8 Å². The third-order valence-corrected chi connectivity index (χ3v) is 5.07. The summed E-state index contributed by atoms with van der Waals surface area (Å²) in [6.07, 6.45) is 1.59. The predicted octanol–water partition coefficient (Wildman–Crippen LogP) is 1.95. The van der Waals surface area contributed by atoms with Crippen LogP contribution < -0.4 is 11.3 Å². The highest BCUT2D eigenvalue weighted by Crippen LogP contribution is 2.39. The molecule has 1 unspecified atom stereocenters. The fourth-order valence-corrected chi connectivity index (χ4v) is 3.61. The SMILES string of the molecule is CC(=O)COP(COCCn1cnc2c(=O)[nH]c(N)nc21)OCc1cccc(F)c1. The van der Waals surface area contributed by atoms with E-state index in [2.05, 4.69) is 15.0 Å². The lowest BCUT2D eigenvalue weighted by Gasteiger charge is -2.17. The number of H-pyrrole nitrogens is 1. The van der Waals surface area contributed by atoms with E-state index < -0.39 is 13.9 Å². The van der Waals surface area contributed by atoms with E-state index in [0.717, 1.165) is 0 Å². The second-order valence-corrected chi connectivity index (χ2v) is 7.75. The number of nitrogens with one attached hydrogen (secondary N) is 1. The molecule has 0 radical (unpaired) electrons. The highest BCUT2D eigenvalue weighted by Gasteiger charge is 2.14. The number of halogens is 1. The van der Waals surface area contributed by atoms with Gasteiger partial charge in [-0.25, -0.2) is 9.37 Å². The van der Waals surface area contributed by atoms with Crippen LogP contribution in [0.4, 0.5) is 10.3 Å². The van der Waals surface area contributed by atoms with E-state index in [1.807, 2.05) is 0 Å². The summed E-state index contributed by atoms with van der Waals surface area (Å²) in [6.45, 7) is 2.06. The number of carbonyl (C=O) groups excluding carboxylic acids is 1. The Morgan fingerprint density at radius 3 is 2.97 bits per heavy atom. The molecule has 0 fully saturated rings. The molecule has 1 atom stereocenters. The van der Waals surface area contributed by atoms with Gasteiger partial charge in [0, 0.05) is 6.54 Å². The largest absolute Gasteiger partial charge is 0.370 e. The Morgan fingerprint density at radius 1 is 1.37 bits per heavy atom. The molecule has 2 aromatic heterocycles. The van der Waals surface area contributed by atoms with Gasteiger partial charge in [-0.1, -0.05) is 12.1 Å². The zero-order valence-electron chi connectivity index (χ0n) is 16.2. The molecule has 0 saturated heterocycles. The summed E-state index contributed by atoms with van der Waals surface area (Å²) < 4.78 is 31.7. The average Bonchev–Trinajstić information content (AvgIpc) is 3.09. The number of anilines is 1. The van der Waals surface area contributed by atoms with Gasteiger partial charge < -0.3 is 24.1 Å². The van der Waals surface area contributed by atoms with Gasteiger partial charge in [0.25, 0.3) is 5.56 Å². The summed E-state index contributed by atoms with van der Waals surface area (Å²) >= 11 is 0. The van der Waals surface area contributed by atoms with Gasteiger partial charge in [-0.3, -0.25) is 14.6 Å². The average molecular weight is 437 g/mol. The maximum absolute atomic E-state index is 13.3. The number of nitrogens with zero attached hydrogens (tertiary/aromatic N) is 3. The van der Waals surface area contributed by atoms with E-state index in [9.17, 15) is 14.0 Å². The van der Waals surface area contributed by atoms with Crippen molar-refractivity contribution in [2.45, 2.75) is 20.1 Å². The minimum absolute atomic E-state index is 0.00192. The van der Waals surface area contributed by atoms with Crippen LogP contribution in [0.2, 0.25) is 0 Å². The summed E-state index contributed by atoms with van der Waals surface area (Å²) in [7, 11) is -1.52. The molecule has 0 aliphatic heterocycles. The molecular formula is C18H21FN5O5P. The first-order valence-corrected chi connectivity index (χ1v) is 10.3. The summed E-state index contributed by atoms with van der Waals surface area (Å²) in [5.41, 5.74) is 6.36. The van der Waals surface area contributed by atoms with Gasteiger partial charge in [0.05, 0.1) is 19.5 Å². The van der Waals surface area contributed by atoms with Gasteiger partial charge in [-0.2, -0.15) is 4.98 Å². The summed E-state index contributed by atoms with van der Waals surface area (Å²) in [5.74, 6) is -0.500. The highest BCUT2D eigenvalue weighted by molar-refractivity contribution is 7.47. The van der Waals surface area contributed by atoms with Crippen LogP contribution in [0.5, 0.6) is 0 Å². The third-order valence-electron chi connectivity index (χ3n) is 3.84. The van der Waals surface area contributed by atoms with Crippen molar-refractivity contribution < 1.29 is 23.0 Å². The molecule has 0 bridgehead atoms. The van der Waals surface area contributed by atoms with Crippen molar-refractivity contribution in [1.29, 1.82) is 0 Å². The van der Waals surface area contributed by atoms with E-state index in [-0.39, 0.29) is 49.2 Å². The number of aromatic nitrogens is 4. The molecule has 0 spiro atoms. The molecule has 10 nitrogen and oxygen atoms in total. The molecule has 0 aliphatic rings. The van der Waals surface area contributed by atoms with Crippen LogP contribution in [0.25, 0.3) is 11.2 Å². The lowest BCUT2D eigenvalue weighted by molar-refractivity contribution is -0.119. The van der Waals surface area contributed by atoms with Crippen molar-refractivity contribution in [2.24, 2.45) is 0 Å². The Kier molecular flexibility index (Phi) is 7.58. The van der Waals surface area contributed by atoms with Crippen molar-refractivity contribution in [3.63, 3.8) is 0 Å². The molecule has 0 amide bonds. The number of nitrogen functional groups attached to an aromatic ring is 1. The van der Waals surface area contributed by atoms with Crippen LogP contribution in [0.1, 0.15) is 12.5 Å². The predicted molar refractivity (Wildman–Crippen MR) is 108 cm³/mol. The van der Waals surface area contributed by atoms with Gasteiger partial charge in [-0.05, 0) is 24.6 Å². The van der Waals surface area contributed by atoms with Crippen molar-refractivity contribution >= 4 is 31.3 Å². The normalized spacial score (nSPS) is 12.3. The number of rotatable bonds is 11. The first kappa shape index (κ1) is 22.0. The van der Waals surface area contributed by atoms with Crippen LogP contribution in [-0.2, 0) is 31.7 Å². The molecule has 0 aliphatic carbocycles. The molecule has 3 rings (SSSR count). The molecule has 30 heavy (non-hydrogen) atoms. The fourth-order valence-electron chi connectivity index (χ4n) is 2.48. The molecule has 1 aromatic carbocycles. The first-order chi connectivity index (χ1) is 14.4. The van der Waals surface area contributed by atoms with E-state index in [4.69, 9.17) is 19.5 Å². The topological polar surface area (TPSA) is 134 Å². The van der Waals surface area contributed by atoms with Crippen LogP contribution in [0.15, 0.2) is 35.4 Å². The van der Waals surface area contributed by atoms with Crippen LogP contribution in [-0.4, -0.2) is 44.9 Å². The van der Waals surface area contributed by atoms with E-state index >= 15 is 0 Å². The highest BCUT2D eigenvalue weighted by atomic mass is 31.2.